The van der Waals surface area contributed by atoms with Crippen LogP contribution in [-0.4, -0.2) is 39.1 Å². The Hall–Kier alpha value is -2.07. The fraction of sp³-hybridized carbons (Fsp3) is 0.643. The lowest BCUT2D eigenvalue weighted by atomic mass is 10.1. The van der Waals surface area contributed by atoms with Crippen molar-refractivity contribution in [3.63, 3.8) is 0 Å². The molecule has 1 aliphatic heterocycles. The smallest absolute Gasteiger partial charge is 0.413 e. The van der Waals surface area contributed by atoms with Gasteiger partial charge in [0.1, 0.15) is 17.6 Å². The molecule has 1 fully saturated rings. The van der Waals surface area contributed by atoms with E-state index in [1.807, 2.05) is 0 Å². The van der Waals surface area contributed by atoms with Gasteiger partial charge >= 0.3 is 17.9 Å². The minimum Gasteiger partial charge on any atom is -0.444 e. The van der Waals surface area contributed by atoms with Crippen LogP contribution in [0.5, 0.6) is 0 Å². The molecule has 1 amide bonds. The predicted molar refractivity (Wildman–Crippen MR) is 78.6 cm³/mol. The quantitative estimate of drug-likeness (QED) is 0.863. The molecule has 0 bridgehead atoms. The largest absolute Gasteiger partial charge is 0.444 e. The maximum absolute atomic E-state index is 13.2. The van der Waals surface area contributed by atoms with Crippen LogP contribution in [0.4, 0.5) is 19.4 Å². The van der Waals surface area contributed by atoms with Crippen molar-refractivity contribution in [1.29, 1.82) is 0 Å². The zero-order chi connectivity index (χ0) is 18.1. The molecule has 1 aliphatic rings. The Morgan fingerprint density at radius 1 is 1.50 bits per heavy atom. The molecule has 0 spiro atoms. The van der Waals surface area contributed by atoms with E-state index in [9.17, 15) is 18.4 Å². The zero-order valence-electron chi connectivity index (χ0n) is 13.5. The molecule has 8 nitrogen and oxygen atoms in total. The fourth-order valence-corrected chi connectivity index (χ4v) is 2.28. The summed E-state index contributed by atoms with van der Waals surface area (Å²) >= 11 is 0. The summed E-state index contributed by atoms with van der Waals surface area (Å²) < 4.78 is 37.3. The Labute approximate surface area is 136 Å². The van der Waals surface area contributed by atoms with Gasteiger partial charge in [0.05, 0.1) is 5.92 Å². The molecule has 24 heavy (non-hydrogen) atoms. The number of halogens is 2. The maximum Gasteiger partial charge on any atom is 0.413 e. The number of amides is 1. The van der Waals surface area contributed by atoms with Gasteiger partial charge in [-0.05, 0) is 33.3 Å². The third kappa shape index (κ3) is 4.48. The first-order valence-electron chi connectivity index (χ1n) is 7.28. The maximum atomic E-state index is 13.2. The molecule has 2 N–H and O–H groups in total. The normalized spacial score (nSPS) is 21.6. The van der Waals surface area contributed by atoms with Crippen LogP contribution in [0.3, 0.4) is 0 Å². The number of aromatic nitrogens is 2. The van der Waals surface area contributed by atoms with Crippen LogP contribution in [0.2, 0.25) is 0 Å². The molecule has 0 aromatic carbocycles. The number of rotatable bonds is 3. The number of carbonyl (C=O) groups is 1. The first kappa shape index (κ1) is 18.3. The van der Waals surface area contributed by atoms with Crippen LogP contribution in [0.1, 0.15) is 33.4 Å². The van der Waals surface area contributed by atoms with Crippen molar-refractivity contribution < 1.29 is 28.2 Å². The molecule has 134 valence electrons. The summed E-state index contributed by atoms with van der Waals surface area (Å²) in [6.07, 6.45) is -5.05. The first-order chi connectivity index (χ1) is 11.0. The summed E-state index contributed by atoms with van der Waals surface area (Å²) in [6, 6.07) is 1.25. The SMILES string of the molecule is CC(C)(C)OC(=O)Nc1ccn(C2OCCC2C(O)(F)F)c(=O)n1. The van der Waals surface area contributed by atoms with Gasteiger partial charge < -0.3 is 14.6 Å². The van der Waals surface area contributed by atoms with Crippen LogP contribution >= 0.6 is 0 Å². The van der Waals surface area contributed by atoms with Gasteiger partial charge in [-0.2, -0.15) is 13.8 Å². The van der Waals surface area contributed by atoms with Gasteiger partial charge in [0.2, 0.25) is 0 Å². The molecule has 0 radical (unpaired) electrons. The van der Waals surface area contributed by atoms with Crippen molar-refractivity contribution >= 4 is 11.9 Å². The van der Waals surface area contributed by atoms with Gasteiger partial charge in [-0.3, -0.25) is 9.88 Å². The second kappa shape index (κ2) is 6.44. The molecule has 2 atom stereocenters. The van der Waals surface area contributed by atoms with E-state index >= 15 is 0 Å². The lowest BCUT2D eigenvalue weighted by Crippen LogP contribution is -2.37. The molecule has 1 aromatic rings. The second-order valence-electron chi connectivity index (χ2n) is 6.37. The summed E-state index contributed by atoms with van der Waals surface area (Å²) in [6.45, 7) is 5.00. The Bertz CT molecular complexity index is 666. The number of nitrogens with zero attached hydrogens (tertiary/aromatic N) is 2. The highest BCUT2D eigenvalue weighted by molar-refractivity contribution is 5.83. The van der Waals surface area contributed by atoms with Gasteiger partial charge in [-0.15, -0.1) is 0 Å². The van der Waals surface area contributed by atoms with Crippen molar-refractivity contribution in [3.05, 3.63) is 22.7 Å². The number of ether oxygens (including phenoxy) is 2. The van der Waals surface area contributed by atoms with E-state index in [1.165, 1.54) is 6.07 Å². The minimum absolute atomic E-state index is 0.0180. The van der Waals surface area contributed by atoms with Gasteiger partial charge in [0.25, 0.3) is 0 Å². The van der Waals surface area contributed by atoms with E-state index in [0.29, 0.717) is 0 Å². The number of anilines is 1. The van der Waals surface area contributed by atoms with Gasteiger partial charge in [-0.25, -0.2) is 9.59 Å². The van der Waals surface area contributed by atoms with E-state index in [4.69, 9.17) is 14.6 Å². The van der Waals surface area contributed by atoms with E-state index in [0.717, 1.165) is 10.8 Å². The van der Waals surface area contributed by atoms with Crippen molar-refractivity contribution in [2.45, 2.75) is 45.1 Å². The van der Waals surface area contributed by atoms with Gasteiger partial charge in [0.15, 0.2) is 0 Å². The Morgan fingerprint density at radius 2 is 2.17 bits per heavy atom. The van der Waals surface area contributed by atoms with Crippen molar-refractivity contribution in [2.24, 2.45) is 5.92 Å². The van der Waals surface area contributed by atoms with E-state index in [1.54, 1.807) is 20.8 Å². The molecule has 1 aromatic heterocycles. The third-order valence-electron chi connectivity index (χ3n) is 3.24. The average molecular weight is 347 g/mol. The molecule has 1 saturated heterocycles. The molecule has 2 heterocycles. The number of hydrogen-bond acceptors (Lipinski definition) is 6. The highest BCUT2D eigenvalue weighted by atomic mass is 19.3. The van der Waals surface area contributed by atoms with Gasteiger partial charge in [0, 0.05) is 12.8 Å². The highest BCUT2D eigenvalue weighted by Gasteiger charge is 2.47. The number of carbonyl (C=O) groups excluding carboxylic acids is 1. The van der Waals surface area contributed by atoms with E-state index in [2.05, 4.69) is 10.3 Å². The lowest BCUT2D eigenvalue weighted by molar-refractivity contribution is -0.253. The molecule has 2 rings (SSSR count). The molecule has 2 unspecified atom stereocenters. The molecule has 0 aliphatic carbocycles. The fourth-order valence-electron chi connectivity index (χ4n) is 2.28. The molecule has 0 saturated carbocycles. The predicted octanol–water partition coefficient (Wildman–Crippen LogP) is 1.71. The van der Waals surface area contributed by atoms with Crippen LogP contribution < -0.4 is 11.0 Å². The van der Waals surface area contributed by atoms with Gasteiger partial charge in [-0.1, -0.05) is 0 Å². The molecule has 10 heteroatoms. The first-order valence-corrected chi connectivity index (χ1v) is 7.28. The van der Waals surface area contributed by atoms with E-state index in [-0.39, 0.29) is 18.8 Å². The average Bonchev–Trinajstić information content (AvgIpc) is 2.85. The third-order valence-corrected chi connectivity index (χ3v) is 3.24. The summed E-state index contributed by atoms with van der Waals surface area (Å²) in [5.74, 6) is -1.64. The second-order valence-corrected chi connectivity index (χ2v) is 6.37. The Balaban J connectivity index is 2.16. The van der Waals surface area contributed by atoms with Crippen molar-refractivity contribution in [2.75, 3.05) is 11.9 Å². The number of aliphatic hydroxyl groups is 1. The van der Waals surface area contributed by atoms with Crippen LogP contribution in [-0.2, 0) is 9.47 Å². The van der Waals surface area contributed by atoms with Crippen LogP contribution in [0.15, 0.2) is 17.1 Å². The molecular weight excluding hydrogens is 328 g/mol. The van der Waals surface area contributed by atoms with Crippen molar-refractivity contribution in [1.82, 2.24) is 9.55 Å². The lowest BCUT2D eigenvalue weighted by Gasteiger charge is -2.24. The Morgan fingerprint density at radius 3 is 2.71 bits per heavy atom. The van der Waals surface area contributed by atoms with Crippen molar-refractivity contribution in [3.8, 4) is 0 Å². The monoisotopic (exact) mass is 347 g/mol. The van der Waals surface area contributed by atoms with Crippen LogP contribution in [0, 0.1) is 5.92 Å². The summed E-state index contributed by atoms with van der Waals surface area (Å²) in [5.41, 5.74) is -1.62. The topological polar surface area (TPSA) is 103 Å². The molecular formula is C14H19F2N3O5. The summed E-state index contributed by atoms with van der Waals surface area (Å²) in [7, 11) is 0. The summed E-state index contributed by atoms with van der Waals surface area (Å²) in [4.78, 5) is 27.2. The minimum atomic E-state index is -3.98. The Kier molecular flexibility index (Phi) is 4.90. The number of hydrogen-bond donors (Lipinski definition) is 2. The standard InChI is InChI=1S/C14H19F2N3O5/c1-13(2,3)24-12(21)18-9-4-6-19(11(20)17-9)10-8(5-7-23-10)14(15,16)22/h4,6,8,10,22H,5,7H2,1-3H3,(H,17,18,20,21). The summed E-state index contributed by atoms with van der Waals surface area (Å²) in [5, 5.41) is 11.2. The zero-order valence-corrected chi connectivity index (χ0v) is 13.5. The van der Waals surface area contributed by atoms with Crippen LogP contribution in [0.25, 0.3) is 0 Å². The highest BCUT2D eigenvalue weighted by Crippen LogP contribution is 2.38. The number of nitrogens with one attached hydrogen (secondary N) is 1. The van der Waals surface area contributed by atoms with E-state index < -0.39 is 35.6 Å². The number of alkyl halides is 2.